The molecule has 0 saturated carbocycles. The van der Waals surface area contributed by atoms with Crippen molar-refractivity contribution in [3.63, 3.8) is 0 Å². The van der Waals surface area contributed by atoms with E-state index in [2.05, 4.69) is 17.2 Å². The monoisotopic (exact) mass is 245 g/mol. The highest BCUT2D eigenvalue weighted by atomic mass is 16.5. The molecule has 0 radical (unpaired) electrons. The lowest BCUT2D eigenvalue weighted by molar-refractivity contribution is 0.340. The predicted molar refractivity (Wildman–Crippen MR) is 73.5 cm³/mol. The van der Waals surface area contributed by atoms with E-state index in [0.717, 1.165) is 30.4 Å². The summed E-state index contributed by atoms with van der Waals surface area (Å²) in [5, 5.41) is 3.30. The molecule has 2 rings (SSSR count). The summed E-state index contributed by atoms with van der Waals surface area (Å²) in [4.78, 5) is 4.31. The van der Waals surface area contributed by atoms with Crippen molar-refractivity contribution in [3.8, 4) is 11.4 Å². The number of hydrogen-bond donors (Lipinski definition) is 1. The molecule has 0 spiro atoms. The maximum Gasteiger partial charge on any atom is 0.207 e. The third-order valence-corrected chi connectivity index (χ3v) is 2.60. The highest BCUT2D eigenvalue weighted by molar-refractivity contribution is 5.44. The van der Waals surface area contributed by atoms with E-state index >= 15 is 0 Å². The fourth-order valence-electron chi connectivity index (χ4n) is 1.75. The molecule has 0 aliphatic carbocycles. The van der Waals surface area contributed by atoms with Crippen molar-refractivity contribution in [1.82, 2.24) is 9.55 Å². The molecule has 0 bridgehead atoms. The second-order valence-corrected chi connectivity index (χ2v) is 3.97. The van der Waals surface area contributed by atoms with Crippen molar-refractivity contribution in [2.24, 2.45) is 0 Å². The van der Waals surface area contributed by atoms with Gasteiger partial charge in [0.15, 0.2) is 0 Å². The van der Waals surface area contributed by atoms with Gasteiger partial charge in [-0.25, -0.2) is 4.98 Å². The summed E-state index contributed by atoms with van der Waals surface area (Å²) in [7, 11) is 0. The molecule has 96 valence electrons. The maximum atomic E-state index is 5.43. The lowest BCUT2D eigenvalue weighted by Gasteiger charge is -2.10. The summed E-state index contributed by atoms with van der Waals surface area (Å²) < 4.78 is 7.47. The van der Waals surface area contributed by atoms with Crippen LogP contribution in [0.3, 0.4) is 0 Å². The van der Waals surface area contributed by atoms with Gasteiger partial charge in [-0.1, -0.05) is 6.92 Å². The lowest BCUT2D eigenvalue weighted by atomic mass is 10.3. The van der Waals surface area contributed by atoms with Crippen molar-refractivity contribution in [1.29, 1.82) is 0 Å². The number of anilines is 1. The summed E-state index contributed by atoms with van der Waals surface area (Å²) in [6.07, 6.45) is 4.83. The summed E-state index contributed by atoms with van der Waals surface area (Å²) in [6.45, 7) is 5.73. The smallest absolute Gasteiger partial charge is 0.207 e. The van der Waals surface area contributed by atoms with Gasteiger partial charge in [0.05, 0.1) is 6.61 Å². The first-order valence-electron chi connectivity index (χ1n) is 6.35. The molecule has 0 fully saturated rings. The quantitative estimate of drug-likeness (QED) is 0.850. The average Bonchev–Trinajstić information content (AvgIpc) is 2.86. The van der Waals surface area contributed by atoms with Crippen LogP contribution in [0.4, 0.5) is 5.95 Å². The fourth-order valence-corrected chi connectivity index (χ4v) is 1.75. The second kappa shape index (κ2) is 6.10. The first-order valence-corrected chi connectivity index (χ1v) is 6.35. The topological polar surface area (TPSA) is 39.1 Å². The Morgan fingerprint density at radius 2 is 2.00 bits per heavy atom. The van der Waals surface area contributed by atoms with Gasteiger partial charge < -0.3 is 10.1 Å². The van der Waals surface area contributed by atoms with Gasteiger partial charge in [0.2, 0.25) is 5.95 Å². The molecular weight excluding hydrogens is 226 g/mol. The number of nitrogens with one attached hydrogen (secondary N) is 1. The average molecular weight is 245 g/mol. The van der Waals surface area contributed by atoms with Gasteiger partial charge in [-0.15, -0.1) is 0 Å². The largest absolute Gasteiger partial charge is 0.494 e. The van der Waals surface area contributed by atoms with Crippen molar-refractivity contribution in [2.75, 3.05) is 18.5 Å². The molecular formula is C14H19N3O. The number of benzene rings is 1. The van der Waals surface area contributed by atoms with Gasteiger partial charge >= 0.3 is 0 Å². The van der Waals surface area contributed by atoms with E-state index in [9.17, 15) is 0 Å². The molecule has 1 heterocycles. The molecule has 4 nitrogen and oxygen atoms in total. The molecule has 1 aromatic heterocycles. The lowest BCUT2D eigenvalue weighted by Crippen LogP contribution is -2.06. The van der Waals surface area contributed by atoms with Crippen molar-refractivity contribution in [3.05, 3.63) is 36.7 Å². The molecule has 0 aliphatic rings. The predicted octanol–water partition coefficient (Wildman–Crippen LogP) is 3.09. The van der Waals surface area contributed by atoms with Crippen molar-refractivity contribution < 1.29 is 4.74 Å². The number of rotatable bonds is 6. The third kappa shape index (κ3) is 2.83. The molecule has 0 unspecified atom stereocenters. The summed E-state index contributed by atoms with van der Waals surface area (Å²) in [5.41, 5.74) is 1.08. The van der Waals surface area contributed by atoms with Crippen LogP contribution in [0.15, 0.2) is 36.7 Å². The number of ether oxygens (including phenoxy) is 1. The summed E-state index contributed by atoms with van der Waals surface area (Å²) >= 11 is 0. The standard InChI is InChI=1S/C14H19N3O/c1-3-9-15-14-16-10-11-17(14)12-5-7-13(8-6-12)18-4-2/h5-8,10-11H,3-4,9H2,1-2H3,(H,15,16). The van der Waals surface area contributed by atoms with E-state index in [0.29, 0.717) is 6.61 Å². The van der Waals surface area contributed by atoms with E-state index in [1.54, 1.807) is 6.20 Å². The Kier molecular flexibility index (Phi) is 4.23. The van der Waals surface area contributed by atoms with Crippen molar-refractivity contribution >= 4 is 5.95 Å². The Bertz CT molecular complexity index is 476. The summed E-state index contributed by atoms with van der Waals surface area (Å²) in [6, 6.07) is 8.01. The van der Waals surface area contributed by atoms with Crippen LogP contribution in [0.25, 0.3) is 5.69 Å². The minimum absolute atomic E-state index is 0.688. The second-order valence-electron chi connectivity index (χ2n) is 3.97. The van der Waals surface area contributed by atoms with Gasteiger partial charge in [-0.3, -0.25) is 4.57 Å². The molecule has 0 atom stereocenters. The number of imidazole rings is 1. The molecule has 1 N–H and O–H groups in total. The van der Waals surface area contributed by atoms with Crippen LogP contribution in [-0.2, 0) is 0 Å². The minimum Gasteiger partial charge on any atom is -0.494 e. The van der Waals surface area contributed by atoms with Crippen LogP contribution in [-0.4, -0.2) is 22.7 Å². The van der Waals surface area contributed by atoms with Crippen LogP contribution in [0.2, 0.25) is 0 Å². The SMILES string of the molecule is CCCNc1nccn1-c1ccc(OCC)cc1. The fraction of sp³-hybridized carbons (Fsp3) is 0.357. The Morgan fingerprint density at radius 3 is 2.67 bits per heavy atom. The van der Waals surface area contributed by atoms with Crippen molar-refractivity contribution in [2.45, 2.75) is 20.3 Å². The Hall–Kier alpha value is -1.97. The first-order chi connectivity index (χ1) is 8.85. The summed E-state index contributed by atoms with van der Waals surface area (Å²) in [5.74, 6) is 1.77. The Balaban J connectivity index is 2.17. The van der Waals surface area contributed by atoms with Gasteiger partial charge in [0.25, 0.3) is 0 Å². The Labute approximate surface area is 108 Å². The van der Waals surface area contributed by atoms with Crippen LogP contribution in [0, 0.1) is 0 Å². The van der Waals surface area contributed by atoms with E-state index < -0.39 is 0 Å². The van der Waals surface area contributed by atoms with Gasteiger partial charge in [-0.05, 0) is 37.6 Å². The number of hydrogen-bond acceptors (Lipinski definition) is 3. The number of nitrogens with zero attached hydrogens (tertiary/aromatic N) is 2. The molecule has 18 heavy (non-hydrogen) atoms. The highest BCUT2D eigenvalue weighted by Gasteiger charge is 2.03. The van der Waals surface area contributed by atoms with Crippen LogP contribution in [0.5, 0.6) is 5.75 Å². The molecule has 0 saturated heterocycles. The van der Waals surface area contributed by atoms with Crippen LogP contribution in [0.1, 0.15) is 20.3 Å². The number of aromatic nitrogens is 2. The molecule has 0 amide bonds. The minimum atomic E-state index is 0.688. The van der Waals surface area contributed by atoms with E-state index in [1.807, 2.05) is 42.0 Å². The molecule has 1 aromatic carbocycles. The molecule has 4 heteroatoms. The zero-order chi connectivity index (χ0) is 12.8. The van der Waals surface area contributed by atoms with E-state index in [-0.39, 0.29) is 0 Å². The molecule has 0 aliphatic heterocycles. The first kappa shape index (κ1) is 12.5. The maximum absolute atomic E-state index is 5.43. The van der Waals surface area contributed by atoms with E-state index in [4.69, 9.17) is 4.74 Å². The normalized spacial score (nSPS) is 10.3. The zero-order valence-electron chi connectivity index (χ0n) is 10.9. The third-order valence-electron chi connectivity index (χ3n) is 2.60. The van der Waals surface area contributed by atoms with Gasteiger partial charge in [0, 0.05) is 24.6 Å². The van der Waals surface area contributed by atoms with E-state index in [1.165, 1.54) is 0 Å². The Morgan fingerprint density at radius 1 is 1.22 bits per heavy atom. The molecule has 2 aromatic rings. The van der Waals surface area contributed by atoms with Gasteiger partial charge in [0.1, 0.15) is 5.75 Å². The highest BCUT2D eigenvalue weighted by Crippen LogP contribution is 2.18. The van der Waals surface area contributed by atoms with Crippen LogP contribution >= 0.6 is 0 Å². The zero-order valence-corrected chi connectivity index (χ0v) is 10.9. The van der Waals surface area contributed by atoms with Gasteiger partial charge in [-0.2, -0.15) is 0 Å². The van der Waals surface area contributed by atoms with Crippen LogP contribution < -0.4 is 10.1 Å².